The van der Waals surface area contributed by atoms with E-state index in [1.165, 1.54) is 29.2 Å². The summed E-state index contributed by atoms with van der Waals surface area (Å²) in [5.74, 6) is -0.398. The van der Waals surface area contributed by atoms with Crippen molar-refractivity contribution in [2.24, 2.45) is 0 Å². The summed E-state index contributed by atoms with van der Waals surface area (Å²) in [6.07, 6.45) is 4.31. The number of amides is 2. The van der Waals surface area contributed by atoms with Gasteiger partial charge >= 0.3 is 0 Å². The molecule has 0 spiro atoms. The van der Waals surface area contributed by atoms with Gasteiger partial charge in [-0.3, -0.25) is 13.9 Å². The highest BCUT2D eigenvalue weighted by Gasteiger charge is 2.35. The molecule has 0 unspecified atom stereocenters. The van der Waals surface area contributed by atoms with Crippen molar-refractivity contribution in [1.82, 2.24) is 10.2 Å². The molecule has 10 heteroatoms. The lowest BCUT2D eigenvalue weighted by molar-refractivity contribution is -0.140. The third-order valence-corrected chi connectivity index (χ3v) is 9.83. The zero-order chi connectivity index (χ0) is 31.0. The van der Waals surface area contributed by atoms with Crippen molar-refractivity contribution in [2.45, 2.75) is 76.4 Å². The predicted molar refractivity (Wildman–Crippen MR) is 170 cm³/mol. The summed E-state index contributed by atoms with van der Waals surface area (Å²) in [7, 11) is -4.25. The maximum absolute atomic E-state index is 14.4. The van der Waals surface area contributed by atoms with Crippen LogP contribution >= 0.6 is 11.6 Å². The van der Waals surface area contributed by atoms with Crippen molar-refractivity contribution < 1.29 is 22.7 Å². The van der Waals surface area contributed by atoms with Gasteiger partial charge in [-0.05, 0) is 80.6 Å². The number of para-hydroxylation sites is 2. The van der Waals surface area contributed by atoms with Gasteiger partial charge in [0, 0.05) is 17.6 Å². The van der Waals surface area contributed by atoms with Gasteiger partial charge in [0.2, 0.25) is 11.8 Å². The van der Waals surface area contributed by atoms with E-state index in [1.54, 1.807) is 31.2 Å². The molecule has 0 aromatic heterocycles. The van der Waals surface area contributed by atoms with E-state index >= 15 is 0 Å². The number of nitrogens with zero attached hydrogens (tertiary/aromatic N) is 2. The smallest absolute Gasteiger partial charge is 0.264 e. The zero-order valence-corrected chi connectivity index (χ0v) is 26.5. The van der Waals surface area contributed by atoms with E-state index in [9.17, 15) is 18.0 Å². The number of nitrogens with one attached hydrogen (secondary N) is 1. The van der Waals surface area contributed by atoms with E-state index in [0.29, 0.717) is 23.8 Å². The lowest BCUT2D eigenvalue weighted by Crippen LogP contribution is -2.53. The van der Waals surface area contributed by atoms with Crippen LogP contribution in [0.15, 0.2) is 77.7 Å². The highest BCUT2D eigenvalue weighted by atomic mass is 35.5. The third-order valence-electron chi connectivity index (χ3n) is 7.80. The molecule has 8 nitrogen and oxygen atoms in total. The highest BCUT2D eigenvalue weighted by molar-refractivity contribution is 7.92. The molecular weight excluding hydrogens is 586 g/mol. The lowest BCUT2D eigenvalue weighted by atomic mass is 10.1. The molecule has 1 atom stereocenters. The molecular formula is C33H40ClN3O5S. The van der Waals surface area contributed by atoms with Crippen molar-refractivity contribution in [3.05, 3.63) is 88.9 Å². The second-order valence-electron chi connectivity index (χ2n) is 10.7. The van der Waals surface area contributed by atoms with E-state index in [4.69, 9.17) is 16.3 Å². The van der Waals surface area contributed by atoms with E-state index in [0.717, 1.165) is 41.1 Å². The zero-order valence-electron chi connectivity index (χ0n) is 25.0. The number of carbonyl (C=O) groups excluding carboxylic acids is 2. The van der Waals surface area contributed by atoms with Crippen LogP contribution in [-0.2, 0) is 26.2 Å². The van der Waals surface area contributed by atoms with Crippen LogP contribution in [0.5, 0.6) is 5.75 Å². The van der Waals surface area contributed by atoms with Gasteiger partial charge in [-0.25, -0.2) is 8.42 Å². The molecule has 0 heterocycles. The molecule has 2 amide bonds. The summed E-state index contributed by atoms with van der Waals surface area (Å²) in [5, 5.41) is 3.53. The first-order valence-corrected chi connectivity index (χ1v) is 16.6. The Morgan fingerprint density at radius 1 is 0.977 bits per heavy atom. The van der Waals surface area contributed by atoms with Gasteiger partial charge in [-0.15, -0.1) is 0 Å². The van der Waals surface area contributed by atoms with Crippen LogP contribution in [0, 0.1) is 6.92 Å². The van der Waals surface area contributed by atoms with Gasteiger partial charge in [-0.2, -0.15) is 0 Å². The molecule has 0 saturated heterocycles. The molecule has 4 rings (SSSR count). The van der Waals surface area contributed by atoms with Gasteiger partial charge in [0.15, 0.2) is 0 Å². The number of sulfonamides is 1. The molecule has 3 aromatic rings. The van der Waals surface area contributed by atoms with Crippen LogP contribution in [0.3, 0.4) is 0 Å². The number of anilines is 1. The summed E-state index contributed by atoms with van der Waals surface area (Å²) in [6.45, 7) is 5.55. The molecule has 1 aliphatic carbocycles. The molecule has 230 valence electrons. The number of carbonyl (C=O) groups is 2. The average Bonchev–Trinajstić information content (AvgIpc) is 3.50. The summed E-state index contributed by atoms with van der Waals surface area (Å²) in [6, 6.07) is 19.5. The monoisotopic (exact) mass is 625 g/mol. The van der Waals surface area contributed by atoms with Crippen molar-refractivity contribution in [3.8, 4) is 5.75 Å². The standard InChI is InChI=1S/C33H40ClN3O5S/c1-4-29(33(39)35-27-14-8-9-15-27)36(22-25-13-7-6-12-24(25)3)32(38)23-37(30-16-10-11-17-31(30)42-5-2)43(40,41)28-20-18-26(34)19-21-28/h6-7,10-13,16-21,27,29H,4-5,8-9,14-15,22-23H2,1-3H3,(H,35,39)/t29-/m0/s1. The summed E-state index contributed by atoms with van der Waals surface area (Å²) in [4.78, 5) is 29.5. The average molecular weight is 626 g/mol. The fraction of sp³-hybridized carbons (Fsp3) is 0.394. The first-order chi connectivity index (χ1) is 20.6. The molecule has 0 bridgehead atoms. The molecule has 1 saturated carbocycles. The van der Waals surface area contributed by atoms with E-state index in [1.807, 2.05) is 38.1 Å². The SMILES string of the molecule is CCOc1ccccc1N(CC(=O)N(Cc1ccccc1C)[C@@H](CC)C(=O)NC1CCCC1)S(=O)(=O)c1ccc(Cl)cc1. The number of hydrogen-bond donors (Lipinski definition) is 1. The normalized spacial score (nSPS) is 14.2. The number of rotatable bonds is 13. The van der Waals surface area contributed by atoms with Gasteiger partial charge in [-0.1, -0.05) is 67.8 Å². The summed E-state index contributed by atoms with van der Waals surface area (Å²) in [5.41, 5.74) is 2.08. The summed E-state index contributed by atoms with van der Waals surface area (Å²) >= 11 is 6.05. The Bertz CT molecular complexity index is 1510. The summed E-state index contributed by atoms with van der Waals surface area (Å²) < 4.78 is 35.2. The number of benzene rings is 3. The largest absolute Gasteiger partial charge is 0.492 e. The molecule has 0 radical (unpaired) electrons. The Morgan fingerprint density at radius 2 is 1.63 bits per heavy atom. The van der Waals surface area contributed by atoms with Crippen LogP contribution in [0.25, 0.3) is 0 Å². The predicted octanol–water partition coefficient (Wildman–Crippen LogP) is 6.11. The van der Waals surface area contributed by atoms with Gasteiger partial charge in [0.25, 0.3) is 10.0 Å². The number of halogens is 1. The Labute approximate surface area is 260 Å². The topological polar surface area (TPSA) is 96.0 Å². The van der Waals surface area contributed by atoms with Crippen LogP contribution in [0.1, 0.15) is 57.1 Å². The first-order valence-electron chi connectivity index (χ1n) is 14.8. The van der Waals surface area contributed by atoms with Crippen molar-refractivity contribution in [3.63, 3.8) is 0 Å². The van der Waals surface area contributed by atoms with Crippen molar-refractivity contribution in [2.75, 3.05) is 17.5 Å². The molecule has 1 fully saturated rings. The quantitative estimate of drug-likeness (QED) is 0.247. The van der Waals surface area contributed by atoms with Crippen molar-refractivity contribution in [1.29, 1.82) is 0 Å². The van der Waals surface area contributed by atoms with Gasteiger partial charge in [0.1, 0.15) is 18.3 Å². The Kier molecular flexibility index (Phi) is 11.1. The minimum atomic E-state index is -4.25. The third kappa shape index (κ3) is 7.89. The number of hydrogen-bond acceptors (Lipinski definition) is 5. The maximum atomic E-state index is 14.4. The van der Waals surface area contributed by atoms with Crippen LogP contribution in [0.2, 0.25) is 5.02 Å². The molecule has 1 N–H and O–H groups in total. The van der Waals surface area contributed by atoms with Crippen LogP contribution < -0.4 is 14.4 Å². The van der Waals surface area contributed by atoms with Gasteiger partial charge < -0.3 is 15.0 Å². The van der Waals surface area contributed by atoms with E-state index in [-0.39, 0.29) is 29.1 Å². The van der Waals surface area contributed by atoms with Crippen molar-refractivity contribution >= 4 is 39.1 Å². The Morgan fingerprint density at radius 3 is 2.28 bits per heavy atom. The second-order valence-corrected chi connectivity index (χ2v) is 13.0. The first kappa shape index (κ1) is 32.4. The minimum absolute atomic E-state index is 0.0209. The lowest BCUT2D eigenvalue weighted by Gasteiger charge is -2.34. The fourth-order valence-corrected chi connectivity index (χ4v) is 7.00. The minimum Gasteiger partial charge on any atom is -0.492 e. The second kappa shape index (κ2) is 14.8. The Hall–Kier alpha value is -3.56. The molecule has 3 aromatic carbocycles. The number of aryl methyl sites for hydroxylation is 1. The fourth-order valence-electron chi connectivity index (χ4n) is 5.45. The van der Waals surface area contributed by atoms with E-state index in [2.05, 4.69) is 5.32 Å². The highest BCUT2D eigenvalue weighted by Crippen LogP contribution is 2.33. The van der Waals surface area contributed by atoms with Crippen LogP contribution in [0.4, 0.5) is 5.69 Å². The molecule has 1 aliphatic rings. The molecule has 43 heavy (non-hydrogen) atoms. The maximum Gasteiger partial charge on any atom is 0.264 e. The molecule has 0 aliphatic heterocycles. The van der Waals surface area contributed by atoms with E-state index < -0.39 is 28.5 Å². The van der Waals surface area contributed by atoms with Gasteiger partial charge in [0.05, 0.1) is 17.2 Å². The number of ether oxygens (including phenoxy) is 1. The van der Waals surface area contributed by atoms with Crippen LogP contribution in [-0.4, -0.2) is 50.4 Å². The Balaban J connectivity index is 1.76.